The Balaban J connectivity index is 1.19. The van der Waals surface area contributed by atoms with Crippen molar-refractivity contribution in [3.8, 4) is 17.2 Å². The maximum absolute atomic E-state index is 10.4. The lowest BCUT2D eigenvalue weighted by molar-refractivity contribution is 0.384. The second kappa shape index (κ2) is 14.9. The first kappa shape index (κ1) is 34.7. The van der Waals surface area contributed by atoms with Crippen LogP contribution in [-0.2, 0) is 18.2 Å². The Kier molecular flexibility index (Phi) is 8.22. The second-order valence-corrected chi connectivity index (χ2v) is 19.8. The summed E-state index contributed by atoms with van der Waals surface area (Å²) in [6.07, 6.45) is 2.96. The molecule has 0 aliphatic carbocycles. The molecule has 300 valence electrons. The van der Waals surface area contributed by atoms with E-state index in [0.29, 0.717) is 11.5 Å². The highest BCUT2D eigenvalue weighted by atomic mass is 28.3. The molecule has 7 aromatic carbocycles. The van der Waals surface area contributed by atoms with E-state index in [0.717, 1.165) is 71.1 Å². The largest absolute Gasteiger partial charge is 0.457 e. The number of para-hydroxylation sites is 6. The molecule has 4 aromatic heterocycles. The Hall–Kier alpha value is -7.94. The van der Waals surface area contributed by atoms with Gasteiger partial charge in [-0.2, -0.15) is 0 Å². The Morgan fingerprint density at radius 1 is 0.556 bits per heavy atom. The number of aromatic nitrogens is 6. The first-order valence-electron chi connectivity index (χ1n) is 22.2. The Morgan fingerprint density at radius 3 is 2.02 bits per heavy atom. The van der Waals surface area contributed by atoms with E-state index in [1.54, 1.807) is 18.5 Å². The molecule has 8 heteroatoms. The molecular weight excluding hydrogens is 789 g/mol. The monoisotopic (exact) mass is 830 g/mol. The van der Waals surface area contributed by atoms with Crippen LogP contribution >= 0.6 is 0 Å². The maximum atomic E-state index is 10.4. The molecule has 0 bridgehead atoms. The molecule has 11 aromatic rings. The molecule has 5 heterocycles. The molecule has 1 aliphatic heterocycles. The van der Waals surface area contributed by atoms with Crippen LogP contribution in [0.1, 0.15) is 25.3 Å². The number of benzene rings is 7. The zero-order valence-electron chi connectivity index (χ0n) is 36.1. The SMILES string of the molecule is [2H]C([2H])(c1ccncn1)C1(Cc2ccccn2)c2ccccc2Oc2c1cccc2[Si](c1ccccc1)(c1ccccc1)c1cccc(-n2c3ccccc3n3c4ccccc4nc23)c1. The average Bonchev–Trinajstić information content (AvgIpc) is 3.90. The first-order chi connectivity index (χ1) is 32.0. The van der Waals surface area contributed by atoms with Gasteiger partial charge >= 0.3 is 0 Å². The number of fused-ring (bicyclic) bond motifs is 7. The van der Waals surface area contributed by atoms with Crippen LogP contribution in [0.2, 0.25) is 0 Å². The van der Waals surface area contributed by atoms with Gasteiger partial charge in [-0.3, -0.25) is 14.0 Å². The Bertz CT molecular complexity index is 3510. The molecule has 63 heavy (non-hydrogen) atoms. The van der Waals surface area contributed by atoms with Gasteiger partial charge in [0.05, 0.1) is 22.1 Å². The summed E-state index contributed by atoms with van der Waals surface area (Å²) in [4.78, 5) is 18.9. The van der Waals surface area contributed by atoms with Crippen molar-refractivity contribution in [3.05, 3.63) is 241 Å². The predicted octanol–water partition coefficient (Wildman–Crippen LogP) is 8.87. The van der Waals surface area contributed by atoms with Crippen LogP contribution in [0.3, 0.4) is 0 Å². The average molecular weight is 831 g/mol. The highest BCUT2D eigenvalue weighted by molar-refractivity contribution is 7.20. The van der Waals surface area contributed by atoms with Crippen molar-refractivity contribution in [2.24, 2.45) is 0 Å². The van der Waals surface area contributed by atoms with E-state index in [1.807, 2.05) is 54.6 Å². The second-order valence-electron chi connectivity index (χ2n) is 16.0. The minimum absolute atomic E-state index is 0.234. The maximum Gasteiger partial charge on any atom is 0.220 e. The molecule has 12 rings (SSSR count). The molecular formula is C55H40N6OSi. The first-order valence-corrected chi connectivity index (χ1v) is 23.2. The van der Waals surface area contributed by atoms with Crippen LogP contribution in [0.15, 0.2) is 219 Å². The lowest BCUT2D eigenvalue weighted by Crippen LogP contribution is -2.75. The fourth-order valence-corrected chi connectivity index (χ4v) is 14.9. The summed E-state index contributed by atoms with van der Waals surface area (Å²) >= 11 is 0. The summed E-state index contributed by atoms with van der Waals surface area (Å²) in [5.74, 6) is 2.06. The number of pyridine rings is 1. The normalized spacial score (nSPS) is 15.4. The fourth-order valence-electron chi connectivity index (χ4n) is 10.00. The van der Waals surface area contributed by atoms with Gasteiger partial charge in [-0.25, -0.2) is 15.0 Å². The van der Waals surface area contributed by atoms with E-state index in [1.165, 1.54) is 6.33 Å². The molecule has 1 atom stereocenters. The van der Waals surface area contributed by atoms with Gasteiger partial charge in [0.25, 0.3) is 0 Å². The molecule has 7 nitrogen and oxygen atoms in total. The molecule has 0 radical (unpaired) electrons. The van der Waals surface area contributed by atoms with Gasteiger partial charge in [0, 0.05) is 61.5 Å². The molecule has 1 unspecified atom stereocenters. The number of nitrogens with zero attached hydrogens (tertiary/aromatic N) is 6. The molecule has 0 amide bonds. The Morgan fingerprint density at radius 2 is 1.24 bits per heavy atom. The van der Waals surface area contributed by atoms with Crippen molar-refractivity contribution in [1.29, 1.82) is 0 Å². The van der Waals surface area contributed by atoms with E-state index in [-0.39, 0.29) is 12.1 Å². The van der Waals surface area contributed by atoms with Gasteiger partial charge < -0.3 is 4.74 Å². The third-order valence-electron chi connectivity index (χ3n) is 12.6. The van der Waals surface area contributed by atoms with Gasteiger partial charge in [-0.15, -0.1) is 0 Å². The minimum Gasteiger partial charge on any atom is -0.457 e. The van der Waals surface area contributed by atoms with Crippen LogP contribution in [0.25, 0.3) is 33.5 Å². The van der Waals surface area contributed by atoms with Crippen LogP contribution in [0, 0.1) is 0 Å². The lowest BCUT2D eigenvalue weighted by atomic mass is 9.66. The molecule has 0 fully saturated rings. The Labute approximate surface area is 368 Å². The topological polar surface area (TPSA) is 70.1 Å². The quantitative estimate of drug-likeness (QED) is 0.108. The van der Waals surface area contributed by atoms with Crippen LogP contribution < -0.4 is 25.5 Å². The standard InChI is InChI=1S/C55H40N6OSi/c1-3-19-42(20-4-1)63(43-21-5-2-6-22-43,44-23-15-18-41(35-44)60-49-28-10-11-29-50(49)61-48-27-9-8-26-47(48)59-54(60)61)52-31-16-25-46-53(52)62-51-30-12-7-24-45(51)55(46,36-39-17-13-14-33-57-39)37-40-32-34-56-38-58-40/h1-35,38H,36-37H2/i37D2. The van der Waals surface area contributed by atoms with Crippen molar-refractivity contribution in [2.45, 2.75) is 18.2 Å². The number of rotatable bonds is 9. The van der Waals surface area contributed by atoms with Crippen molar-refractivity contribution in [2.75, 3.05) is 0 Å². The molecule has 1 aliphatic rings. The number of ether oxygens (including phenoxy) is 1. The third-order valence-corrected chi connectivity index (χ3v) is 17.4. The molecule has 0 N–H and O–H groups in total. The van der Waals surface area contributed by atoms with Crippen molar-refractivity contribution >= 4 is 56.7 Å². The van der Waals surface area contributed by atoms with Gasteiger partial charge in [0.15, 0.2) is 8.07 Å². The zero-order valence-corrected chi connectivity index (χ0v) is 35.1. The highest BCUT2D eigenvalue weighted by Crippen LogP contribution is 2.51. The summed E-state index contributed by atoms with van der Waals surface area (Å²) in [5, 5.41) is 4.44. The van der Waals surface area contributed by atoms with Crippen molar-refractivity contribution < 1.29 is 7.48 Å². The van der Waals surface area contributed by atoms with E-state index in [2.05, 4.69) is 158 Å². The number of imidazole rings is 2. The van der Waals surface area contributed by atoms with Crippen LogP contribution in [0.5, 0.6) is 11.5 Å². The summed E-state index contributed by atoms with van der Waals surface area (Å²) < 4.78 is 32.7. The van der Waals surface area contributed by atoms with Crippen molar-refractivity contribution in [1.82, 2.24) is 28.9 Å². The summed E-state index contributed by atoms with van der Waals surface area (Å²) in [7, 11) is -3.43. The molecule has 0 saturated carbocycles. The smallest absolute Gasteiger partial charge is 0.220 e. The predicted molar refractivity (Wildman–Crippen MR) is 254 cm³/mol. The summed E-state index contributed by atoms with van der Waals surface area (Å²) in [6, 6.07) is 69.0. The number of hydrogen-bond acceptors (Lipinski definition) is 5. The van der Waals surface area contributed by atoms with E-state index >= 15 is 0 Å². The summed E-state index contributed by atoms with van der Waals surface area (Å²) in [5.41, 5.74) is 6.20. The van der Waals surface area contributed by atoms with Gasteiger partial charge in [0.1, 0.15) is 17.8 Å². The summed E-state index contributed by atoms with van der Waals surface area (Å²) in [6.45, 7) is 0. The fraction of sp³-hybridized carbons (Fsp3) is 0.0545. The minimum atomic E-state index is -3.43. The van der Waals surface area contributed by atoms with E-state index in [9.17, 15) is 2.74 Å². The molecule has 0 spiro atoms. The van der Waals surface area contributed by atoms with Gasteiger partial charge in [-0.1, -0.05) is 140 Å². The van der Waals surface area contributed by atoms with Gasteiger partial charge in [0.2, 0.25) is 5.78 Å². The van der Waals surface area contributed by atoms with E-state index in [4.69, 9.17) is 14.7 Å². The van der Waals surface area contributed by atoms with Crippen molar-refractivity contribution in [3.63, 3.8) is 0 Å². The lowest BCUT2D eigenvalue weighted by Gasteiger charge is -2.43. The van der Waals surface area contributed by atoms with Crippen LogP contribution in [-0.4, -0.2) is 37.0 Å². The molecule has 0 saturated heterocycles. The van der Waals surface area contributed by atoms with E-state index < -0.39 is 19.9 Å². The zero-order chi connectivity index (χ0) is 43.6. The number of hydrogen-bond donors (Lipinski definition) is 0. The van der Waals surface area contributed by atoms with Gasteiger partial charge in [-0.05, 0) is 81.4 Å². The van der Waals surface area contributed by atoms with Crippen LogP contribution in [0.4, 0.5) is 0 Å². The third kappa shape index (κ3) is 5.79. The highest BCUT2D eigenvalue weighted by Gasteiger charge is 2.49.